The smallest absolute Gasteiger partial charge is 0.255 e. The number of furan rings is 1. The standard InChI is InChI=1S/C17H16N2O2/c1-11-12(5-4-7-15(11)18)9-19-17(20)14-10-21-16-8-3-2-6-13(14)16/h2-8,10H,9,18H2,1H3,(H,19,20). The Kier molecular flexibility index (Phi) is 3.36. The second kappa shape index (κ2) is 5.32. The molecule has 21 heavy (non-hydrogen) atoms. The molecule has 4 heteroatoms. The highest BCUT2D eigenvalue weighted by atomic mass is 16.3. The molecule has 2 aromatic carbocycles. The van der Waals surface area contributed by atoms with Crippen LogP contribution in [0.15, 0.2) is 53.1 Å². The highest BCUT2D eigenvalue weighted by Crippen LogP contribution is 2.21. The van der Waals surface area contributed by atoms with Crippen molar-refractivity contribution >= 4 is 22.6 Å². The van der Waals surface area contributed by atoms with E-state index >= 15 is 0 Å². The molecule has 1 amide bonds. The maximum atomic E-state index is 12.3. The van der Waals surface area contributed by atoms with Crippen LogP contribution in [0.5, 0.6) is 0 Å². The van der Waals surface area contributed by atoms with Gasteiger partial charge in [-0.1, -0.05) is 30.3 Å². The van der Waals surface area contributed by atoms with Crippen LogP contribution < -0.4 is 11.1 Å². The van der Waals surface area contributed by atoms with Crippen molar-refractivity contribution in [2.45, 2.75) is 13.5 Å². The normalized spacial score (nSPS) is 10.7. The van der Waals surface area contributed by atoms with Crippen LogP contribution in [0.2, 0.25) is 0 Å². The van der Waals surface area contributed by atoms with E-state index < -0.39 is 0 Å². The minimum absolute atomic E-state index is 0.151. The van der Waals surface area contributed by atoms with Gasteiger partial charge in [0.25, 0.3) is 5.91 Å². The van der Waals surface area contributed by atoms with Crippen molar-refractivity contribution in [3.63, 3.8) is 0 Å². The number of carbonyl (C=O) groups excluding carboxylic acids is 1. The highest BCUT2D eigenvalue weighted by Gasteiger charge is 2.13. The van der Waals surface area contributed by atoms with E-state index in [0.29, 0.717) is 17.7 Å². The lowest BCUT2D eigenvalue weighted by atomic mass is 10.1. The fraction of sp³-hybridized carbons (Fsp3) is 0.118. The first-order valence-corrected chi connectivity index (χ1v) is 6.75. The molecular weight excluding hydrogens is 264 g/mol. The molecule has 0 saturated carbocycles. The molecule has 1 aromatic heterocycles. The molecule has 106 valence electrons. The number of para-hydroxylation sites is 1. The fourth-order valence-corrected chi connectivity index (χ4v) is 2.32. The van der Waals surface area contributed by atoms with Crippen LogP contribution in [0, 0.1) is 6.92 Å². The largest absolute Gasteiger partial charge is 0.463 e. The number of nitrogens with one attached hydrogen (secondary N) is 1. The molecule has 4 nitrogen and oxygen atoms in total. The third-order valence-electron chi connectivity index (χ3n) is 3.65. The molecule has 3 aromatic rings. The van der Waals surface area contributed by atoms with E-state index in [1.807, 2.05) is 49.4 Å². The molecule has 0 aliphatic carbocycles. The second-order valence-corrected chi connectivity index (χ2v) is 4.96. The van der Waals surface area contributed by atoms with Crippen molar-refractivity contribution < 1.29 is 9.21 Å². The minimum Gasteiger partial charge on any atom is -0.463 e. The van der Waals surface area contributed by atoms with Crippen LogP contribution in [0.3, 0.4) is 0 Å². The Balaban J connectivity index is 1.79. The minimum atomic E-state index is -0.151. The maximum absolute atomic E-state index is 12.3. The van der Waals surface area contributed by atoms with E-state index in [0.717, 1.165) is 22.2 Å². The van der Waals surface area contributed by atoms with Crippen LogP contribution in [0.1, 0.15) is 21.5 Å². The average molecular weight is 280 g/mol. The van der Waals surface area contributed by atoms with E-state index in [1.165, 1.54) is 6.26 Å². The van der Waals surface area contributed by atoms with E-state index in [2.05, 4.69) is 5.32 Å². The number of nitrogens with two attached hydrogens (primary N) is 1. The molecule has 3 rings (SSSR count). The number of rotatable bonds is 3. The van der Waals surface area contributed by atoms with E-state index in [9.17, 15) is 4.79 Å². The summed E-state index contributed by atoms with van der Waals surface area (Å²) in [4.78, 5) is 12.3. The Labute approximate surface area is 122 Å². The Bertz CT molecular complexity index is 805. The molecule has 1 heterocycles. The molecule has 0 bridgehead atoms. The van der Waals surface area contributed by atoms with Gasteiger partial charge >= 0.3 is 0 Å². The van der Waals surface area contributed by atoms with Gasteiger partial charge in [-0.2, -0.15) is 0 Å². The number of benzene rings is 2. The lowest BCUT2D eigenvalue weighted by Crippen LogP contribution is -2.23. The quantitative estimate of drug-likeness (QED) is 0.724. The first-order valence-electron chi connectivity index (χ1n) is 6.75. The van der Waals surface area contributed by atoms with Gasteiger partial charge in [0.15, 0.2) is 0 Å². The predicted molar refractivity (Wildman–Crippen MR) is 83.0 cm³/mol. The first kappa shape index (κ1) is 13.2. The summed E-state index contributed by atoms with van der Waals surface area (Å²) in [5.74, 6) is -0.151. The second-order valence-electron chi connectivity index (χ2n) is 4.96. The number of carbonyl (C=O) groups is 1. The summed E-state index contributed by atoms with van der Waals surface area (Å²) < 4.78 is 5.38. The van der Waals surface area contributed by atoms with Crippen molar-refractivity contribution in [1.82, 2.24) is 5.32 Å². The van der Waals surface area contributed by atoms with Crippen LogP contribution >= 0.6 is 0 Å². The van der Waals surface area contributed by atoms with Gasteiger partial charge in [-0.05, 0) is 30.2 Å². The molecule has 0 atom stereocenters. The summed E-state index contributed by atoms with van der Waals surface area (Å²) >= 11 is 0. The SMILES string of the molecule is Cc1c(N)cccc1CNC(=O)c1coc2ccccc12. The molecule has 0 aliphatic rings. The molecule has 3 N–H and O–H groups in total. The average Bonchev–Trinajstić information content (AvgIpc) is 2.92. The number of hydrogen-bond donors (Lipinski definition) is 2. The van der Waals surface area contributed by atoms with Crippen LogP contribution in [0.4, 0.5) is 5.69 Å². The number of nitrogen functional groups attached to an aromatic ring is 1. The fourth-order valence-electron chi connectivity index (χ4n) is 2.32. The molecule has 0 aliphatic heterocycles. The zero-order valence-corrected chi connectivity index (χ0v) is 11.7. The van der Waals surface area contributed by atoms with E-state index in [4.69, 9.17) is 10.2 Å². The topological polar surface area (TPSA) is 68.3 Å². The lowest BCUT2D eigenvalue weighted by Gasteiger charge is -2.09. The predicted octanol–water partition coefficient (Wildman–Crippen LogP) is 3.25. The van der Waals surface area contributed by atoms with Gasteiger partial charge < -0.3 is 15.5 Å². The van der Waals surface area contributed by atoms with Gasteiger partial charge in [-0.3, -0.25) is 4.79 Å². The van der Waals surface area contributed by atoms with Gasteiger partial charge in [-0.15, -0.1) is 0 Å². The molecule has 0 radical (unpaired) electrons. The van der Waals surface area contributed by atoms with Crippen molar-refractivity contribution in [3.8, 4) is 0 Å². The van der Waals surface area contributed by atoms with Gasteiger partial charge in [0.2, 0.25) is 0 Å². The van der Waals surface area contributed by atoms with Crippen molar-refractivity contribution in [3.05, 3.63) is 65.4 Å². The number of hydrogen-bond acceptors (Lipinski definition) is 3. The summed E-state index contributed by atoms with van der Waals surface area (Å²) in [5.41, 5.74) is 9.87. The molecule has 0 spiro atoms. The summed E-state index contributed by atoms with van der Waals surface area (Å²) in [7, 11) is 0. The zero-order valence-electron chi connectivity index (χ0n) is 11.7. The third kappa shape index (κ3) is 2.48. The summed E-state index contributed by atoms with van der Waals surface area (Å²) in [5, 5.41) is 3.73. The Morgan fingerprint density at radius 2 is 2.00 bits per heavy atom. The van der Waals surface area contributed by atoms with Crippen molar-refractivity contribution in [2.24, 2.45) is 0 Å². The Hall–Kier alpha value is -2.75. The molecule has 0 fully saturated rings. The van der Waals surface area contributed by atoms with Crippen molar-refractivity contribution in [1.29, 1.82) is 0 Å². The Morgan fingerprint density at radius 3 is 2.86 bits per heavy atom. The van der Waals surface area contributed by atoms with Crippen LogP contribution in [-0.2, 0) is 6.54 Å². The highest BCUT2D eigenvalue weighted by molar-refractivity contribution is 6.05. The summed E-state index contributed by atoms with van der Waals surface area (Å²) in [6, 6.07) is 13.2. The van der Waals surface area contributed by atoms with Gasteiger partial charge in [0, 0.05) is 17.6 Å². The number of fused-ring (bicyclic) bond motifs is 1. The van der Waals surface area contributed by atoms with Gasteiger partial charge in [-0.25, -0.2) is 0 Å². The Morgan fingerprint density at radius 1 is 1.19 bits per heavy atom. The van der Waals surface area contributed by atoms with Crippen molar-refractivity contribution in [2.75, 3.05) is 5.73 Å². The van der Waals surface area contributed by atoms with E-state index in [-0.39, 0.29) is 5.91 Å². The van der Waals surface area contributed by atoms with E-state index in [1.54, 1.807) is 0 Å². The summed E-state index contributed by atoms with van der Waals surface area (Å²) in [6.45, 7) is 2.39. The monoisotopic (exact) mass is 280 g/mol. The molecular formula is C17H16N2O2. The maximum Gasteiger partial charge on any atom is 0.255 e. The number of amides is 1. The van der Waals surface area contributed by atoms with Gasteiger partial charge in [0.05, 0.1) is 5.56 Å². The zero-order chi connectivity index (χ0) is 14.8. The first-order chi connectivity index (χ1) is 10.2. The molecule has 0 unspecified atom stereocenters. The lowest BCUT2D eigenvalue weighted by molar-refractivity contribution is 0.0951. The molecule has 0 saturated heterocycles. The van der Waals surface area contributed by atoms with Crippen LogP contribution in [-0.4, -0.2) is 5.91 Å². The third-order valence-corrected chi connectivity index (χ3v) is 3.65. The van der Waals surface area contributed by atoms with Crippen LogP contribution in [0.25, 0.3) is 11.0 Å². The number of anilines is 1. The summed E-state index contributed by atoms with van der Waals surface area (Å²) in [6.07, 6.45) is 1.49. The van der Waals surface area contributed by atoms with Gasteiger partial charge in [0.1, 0.15) is 11.8 Å².